The number of fused-ring (bicyclic) bond motifs is 1. The molecule has 3 aromatic rings. The highest BCUT2D eigenvalue weighted by Gasteiger charge is 2.31. The number of hydrogen-bond acceptors (Lipinski definition) is 5. The Kier molecular flexibility index (Phi) is 4.31. The third kappa shape index (κ3) is 3.50. The van der Waals surface area contributed by atoms with E-state index >= 15 is 0 Å². The van der Waals surface area contributed by atoms with Crippen LogP contribution in [0.1, 0.15) is 11.3 Å². The number of hydrogen-bond donors (Lipinski definition) is 0. The standard InChI is InChI=1S/C18H13F3N4OS/c19-18(20,21)12-4-3-6-14(8-12)24-10-23-17-25(11-24)16(26)15(27-17)9-13-5-1-2-7-22-13/h1-9H,10-11H2/b15-9-. The predicted molar refractivity (Wildman–Crippen MR) is 96.0 cm³/mol. The summed E-state index contributed by atoms with van der Waals surface area (Å²) >= 11 is 1.24. The van der Waals surface area contributed by atoms with E-state index < -0.39 is 11.7 Å². The van der Waals surface area contributed by atoms with Crippen molar-refractivity contribution in [2.75, 3.05) is 11.6 Å². The van der Waals surface area contributed by atoms with Crippen LogP contribution in [0.15, 0.2) is 58.4 Å². The van der Waals surface area contributed by atoms with Crippen LogP contribution in [0.4, 0.5) is 18.9 Å². The third-order valence-corrected chi connectivity index (χ3v) is 5.13. The van der Waals surface area contributed by atoms with Gasteiger partial charge in [0.25, 0.3) is 5.56 Å². The molecule has 4 rings (SSSR count). The van der Waals surface area contributed by atoms with Crippen LogP contribution in [0.3, 0.4) is 0 Å². The van der Waals surface area contributed by atoms with E-state index in [4.69, 9.17) is 0 Å². The molecule has 0 saturated heterocycles. The van der Waals surface area contributed by atoms with E-state index in [1.807, 2.05) is 6.07 Å². The van der Waals surface area contributed by atoms with Crippen LogP contribution >= 0.6 is 11.3 Å². The normalized spacial score (nSPS) is 14.8. The van der Waals surface area contributed by atoms with Crippen molar-refractivity contribution in [3.8, 4) is 0 Å². The average molecular weight is 390 g/mol. The van der Waals surface area contributed by atoms with Gasteiger partial charge in [0.05, 0.1) is 15.8 Å². The molecule has 3 heterocycles. The molecular weight excluding hydrogens is 377 g/mol. The maximum absolute atomic E-state index is 12.9. The summed E-state index contributed by atoms with van der Waals surface area (Å²) in [5, 5.41) is 0. The first-order valence-electron chi connectivity index (χ1n) is 8.01. The monoisotopic (exact) mass is 390 g/mol. The first-order valence-corrected chi connectivity index (χ1v) is 8.82. The van der Waals surface area contributed by atoms with Gasteiger partial charge in [-0.1, -0.05) is 23.5 Å². The summed E-state index contributed by atoms with van der Waals surface area (Å²) in [4.78, 5) is 23.4. The van der Waals surface area contributed by atoms with Crippen molar-refractivity contribution in [3.63, 3.8) is 0 Å². The maximum atomic E-state index is 12.9. The lowest BCUT2D eigenvalue weighted by Crippen LogP contribution is -2.42. The van der Waals surface area contributed by atoms with Crippen LogP contribution in [0, 0.1) is 0 Å². The van der Waals surface area contributed by atoms with E-state index in [-0.39, 0.29) is 18.9 Å². The van der Waals surface area contributed by atoms with Crippen molar-refractivity contribution in [1.29, 1.82) is 0 Å². The molecule has 0 bridgehead atoms. The van der Waals surface area contributed by atoms with Crippen LogP contribution in [0.5, 0.6) is 0 Å². The minimum Gasteiger partial charge on any atom is -0.334 e. The molecule has 0 unspecified atom stereocenters. The number of thiazole rings is 1. The highest BCUT2D eigenvalue weighted by atomic mass is 32.1. The maximum Gasteiger partial charge on any atom is 0.416 e. The number of alkyl halides is 3. The number of rotatable bonds is 2. The van der Waals surface area contributed by atoms with Crippen LogP contribution in [-0.4, -0.2) is 16.2 Å². The Morgan fingerprint density at radius 1 is 1.15 bits per heavy atom. The van der Waals surface area contributed by atoms with Crippen molar-refractivity contribution >= 4 is 23.1 Å². The van der Waals surface area contributed by atoms with Gasteiger partial charge in [-0.05, 0) is 36.4 Å². The zero-order chi connectivity index (χ0) is 19.0. The topological polar surface area (TPSA) is 50.5 Å². The van der Waals surface area contributed by atoms with Gasteiger partial charge in [-0.15, -0.1) is 0 Å². The van der Waals surface area contributed by atoms with E-state index in [1.165, 1.54) is 22.0 Å². The summed E-state index contributed by atoms with van der Waals surface area (Å²) in [5.41, 5.74) is 0.0600. The number of anilines is 1. The molecule has 0 saturated carbocycles. The summed E-state index contributed by atoms with van der Waals surface area (Å²) in [6.45, 7) is 0.329. The lowest BCUT2D eigenvalue weighted by molar-refractivity contribution is -0.137. The Balaban J connectivity index is 1.69. The van der Waals surface area contributed by atoms with Gasteiger partial charge in [0.1, 0.15) is 13.3 Å². The van der Waals surface area contributed by atoms with Crippen LogP contribution in [0.25, 0.3) is 6.08 Å². The second-order valence-corrected chi connectivity index (χ2v) is 6.92. The molecule has 0 atom stereocenters. The second-order valence-electron chi connectivity index (χ2n) is 5.91. The predicted octanol–water partition coefficient (Wildman–Crippen LogP) is 2.21. The van der Waals surface area contributed by atoms with Crippen molar-refractivity contribution in [3.05, 3.63) is 79.6 Å². The molecule has 0 N–H and O–H groups in total. The van der Waals surface area contributed by atoms with Gasteiger partial charge in [-0.3, -0.25) is 14.3 Å². The zero-order valence-electron chi connectivity index (χ0n) is 13.8. The van der Waals surface area contributed by atoms with E-state index in [0.29, 0.717) is 20.7 Å². The lowest BCUT2D eigenvalue weighted by Gasteiger charge is -2.26. The van der Waals surface area contributed by atoms with Crippen LogP contribution < -0.4 is 19.8 Å². The molecule has 0 radical (unpaired) electrons. The highest BCUT2D eigenvalue weighted by Crippen LogP contribution is 2.31. The smallest absolute Gasteiger partial charge is 0.334 e. The van der Waals surface area contributed by atoms with Gasteiger partial charge in [0.2, 0.25) is 0 Å². The molecule has 0 amide bonds. The van der Waals surface area contributed by atoms with E-state index in [1.54, 1.807) is 35.4 Å². The highest BCUT2D eigenvalue weighted by molar-refractivity contribution is 7.07. The number of benzene rings is 1. The minimum absolute atomic E-state index is 0.144. The number of halogens is 3. The summed E-state index contributed by atoms with van der Waals surface area (Å²) < 4.78 is 40.8. The van der Waals surface area contributed by atoms with Gasteiger partial charge in [0.15, 0.2) is 4.80 Å². The van der Waals surface area contributed by atoms with Gasteiger partial charge in [-0.25, -0.2) is 4.99 Å². The number of nitrogens with zero attached hydrogens (tertiary/aromatic N) is 4. The van der Waals surface area contributed by atoms with Crippen LogP contribution in [0.2, 0.25) is 0 Å². The molecule has 1 aromatic carbocycles. The molecule has 1 aliphatic heterocycles. The first kappa shape index (κ1) is 17.5. The van der Waals surface area contributed by atoms with Gasteiger partial charge < -0.3 is 4.90 Å². The Bertz CT molecular complexity index is 1150. The molecule has 27 heavy (non-hydrogen) atoms. The van der Waals surface area contributed by atoms with Gasteiger partial charge >= 0.3 is 6.18 Å². The zero-order valence-corrected chi connectivity index (χ0v) is 14.7. The van der Waals surface area contributed by atoms with E-state index in [2.05, 4.69) is 9.98 Å². The molecule has 138 valence electrons. The van der Waals surface area contributed by atoms with E-state index in [9.17, 15) is 18.0 Å². The van der Waals surface area contributed by atoms with Gasteiger partial charge in [0, 0.05) is 11.9 Å². The van der Waals surface area contributed by atoms with Crippen molar-refractivity contribution in [2.24, 2.45) is 4.99 Å². The second kappa shape index (κ2) is 6.66. The summed E-state index contributed by atoms with van der Waals surface area (Å²) in [5.74, 6) is 0. The van der Waals surface area contributed by atoms with Crippen molar-refractivity contribution < 1.29 is 13.2 Å². The van der Waals surface area contributed by atoms with E-state index in [0.717, 1.165) is 12.1 Å². The summed E-state index contributed by atoms with van der Waals surface area (Å²) in [7, 11) is 0. The molecule has 0 aliphatic carbocycles. The number of aromatic nitrogens is 2. The SMILES string of the molecule is O=c1/c(=C/c2ccccn2)sc2n1CN(c1cccc(C(F)(F)F)c1)CN=2. The summed E-state index contributed by atoms with van der Waals surface area (Å²) in [6, 6.07) is 10.4. The third-order valence-electron chi connectivity index (χ3n) is 4.08. The molecule has 2 aromatic heterocycles. The largest absolute Gasteiger partial charge is 0.416 e. The Morgan fingerprint density at radius 2 is 2.00 bits per heavy atom. The molecule has 5 nitrogen and oxygen atoms in total. The van der Waals surface area contributed by atoms with Gasteiger partial charge in [-0.2, -0.15) is 13.2 Å². The lowest BCUT2D eigenvalue weighted by atomic mass is 10.2. The molecule has 0 spiro atoms. The summed E-state index contributed by atoms with van der Waals surface area (Å²) in [6.07, 6.45) is -1.10. The Hall–Kier alpha value is -2.94. The molecule has 1 aliphatic rings. The van der Waals surface area contributed by atoms with Crippen molar-refractivity contribution in [1.82, 2.24) is 9.55 Å². The average Bonchev–Trinajstić information content (AvgIpc) is 2.97. The Labute approximate surface area is 155 Å². The number of pyridine rings is 1. The Morgan fingerprint density at radius 3 is 2.74 bits per heavy atom. The fraction of sp³-hybridized carbons (Fsp3) is 0.167. The first-order chi connectivity index (χ1) is 12.9. The van der Waals surface area contributed by atoms with Crippen molar-refractivity contribution in [2.45, 2.75) is 12.8 Å². The molecule has 0 fully saturated rings. The fourth-order valence-corrected chi connectivity index (χ4v) is 3.70. The molecule has 9 heteroatoms. The quantitative estimate of drug-likeness (QED) is 0.674. The fourth-order valence-electron chi connectivity index (χ4n) is 2.75. The minimum atomic E-state index is -4.42. The van der Waals surface area contributed by atoms with Crippen LogP contribution in [-0.2, 0) is 12.8 Å². The molecular formula is C18H13F3N4OS.